The molecule has 0 bridgehead atoms. The van der Waals surface area contributed by atoms with Gasteiger partial charge in [-0.3, -0.25) is 0 Å². The zero-order valence-corrected chi connectivity index (χ0v) is 12.1. The van der Waals surface area contributed by atoms with E-state index in [9.17, 15) is 0 Å². The minimum Gasteiger partial charge on any atom is -0.239 e. The molecule has 2 aromatic rings. The molecular weight excluding hydrogens is 224 g/mol. The van der Waals surface area contributed by atoms with E-state index < -0.39 is 0 Å². The first kappa shape index (κ1) is 14.5. The molecule has 0 aliphatic carbocycles. The molecule has 0 fully saturated rings. The van der Waals surface area contributed by atoms with E-state index in [1.54, 1.807) is 12.5 Å². The van der Waals surface area contributed by atoms with Crippen molar-refractivity contribution in [3.8, 4) is 0 Å². The Bertz CT molecular complexity index is 506. The number of hydrogen-bond donors (Lipinski definition) is 0. The highest BCUT2D eigenvalue weighted by Gasteiger charge is 2.11. The molecule has 0 saturated heterocycles. The molecule has 2 heterocycles. The molecule has 0 atom stereocenters. The van der Waals surface area contributed by atoms with Gasteiger partial charge in [-0.15, -0.1) is 0 Å². The van der Waals surface area contributed by atoms with Crippen LogP contribution in [0.5, 0.6) is 0 Å². The monoisotopic (exact) mass is 246 g/mol. The summed E-state index contributed by atoms with van der Waals surface area (Å²) in [6.07, 6.45) is 3.36. The first-order valence-corrected chi connectivity index (χ1v) is 6.57. The molecule has 4 nitrogen and oxygen atoms in total. The molecule has 0 aromatic carbocycles. The molecule has 4 heteroatoms. The third-order valence-electron chi connectivity index (χ3n) is 2.49. The van der Waals surface area contributed by atoms with Crippen LogP contribution < -0.4 is 0 Å². The topological polar surface area (TPSA) is 51.6 Å². The Labute approximate surface area is 109 Å². The van der Waals surface area contributed by atoms with Crippen molar-refractivity contribution in [2.75, 3.05) is 0 Å². The lowest BCUT2D eigenvalue weighted by Gasteiger charge is -2.09. The minimum atomic E-state index is 0.324. The predicted molar refractivity (Wildman–Crippen MR) is 74.7 cm³/mol. The Kier molecular flexibility index (Phi) is 5.13. The van der Waals surface area contributed by atoms with Gasteiger partial charge in [0, 0.05) is 5.92 Å². The summed E-state index contributed by atoms with van der Waals surface area (Å²) in [7, 11) is 0. The van der Waals surface area contributed by atoms with E-state index in [1.165, 1.54) is 0 Å². The van der Waals surface area contributed by atoms with E-state index in [0.29, 0.717) is 11.8 Å². The van der Waals surface area contributed by atoms with Crippen LogP contribution in [-0.2, 0) is 0 Å². The normalized spacial score (nSPS) is 10.7. The summed E-state index contributed by atoms with van der Waals surface area (Å²) < 4.78 is 0. The fourth-order valence-corrected chi connectivity index (χ4v) is 1.59. The molecule has 2 aromatic heterocycles. The Morgan fingerprint density at radius 2 is 1.56 bits per heavy atom. The van der Waals surface area contributed by atoms with E-state index >= 15 is 0 Å². The van der Waals surface area contributed by atoms with Gasteiger partial charge >= 0.3 is 0 Å². The highest BCUT2D eigenvalue weighted by atomic mass is 14.9. The zero-order valence-electron chi connectivity index (χ0n) is 12.1. The maximum Gasteiger partial charge on any atom is 0.131 e. The smallest absolute Gasteiger partial charge is 0.131 e. The van der Waals surface area contributed by atoms with Crippen LogP contribution in [0.1, 0.15) is 64.9 Å². The molecule has 0 N–H and O–H groups in total. The second kappa shape index (κ2) is 6.38. The summed E-state index contributed by atoms with van der Waals surface area (Å²) in [6.45, 7) is 12.4. The van der Waals surface area contributed by atoms with Gasteiger partial charge in [0.05, 0.1) is 11.9 Å². The van der Waals surface area contributed by atoms with Gasteiger partial charge < -0.3 is 0 Å². The van der Waals surface area contributed by atoms with Crippen LogP contribution in [0, 0.1) is 0 Å². The van der Waals surface area contributed by atoms with Gasteiger partial charge in [-0.1, -0.05) is 41.5 Å². The lowest BCUT2D eigenvalue weighted by molar-refractivity contribution is 0.771. The average molecular weight is 246 g/mol. The molecule has 18 heavy (non-hydrogen) atoms. The molecule has 2 rings (SSSR count). The molecule has 98 valence electrons. The van der Waals surface area contributed by atoms with E-state index in [2.05, 4.69) is 47.6 Å². The van der Waals surface area contributed by atoms with E-state index in [0.717, 1.165) is 22.6 Å². The number of fused-ring (bicyclic) bond motifs is 1. The van der Waals surface area contributed by atoms with Crippen molar-refractivity contribution >= 4 is 11.0 Å². The van der Waals surface area contributed by atoms with Crippen LogP contribution in [0.15, 0.2) is 12.5 Å². The lowest BCUT2D eigenvalue weighted by Crippen LogP contribution is -2.03. The Morgan fingerprint density at radius 3 is 2.11 bits per heavy atom. The molecule has 0 saturated carbocycles. The molecule has 0 radical (unpaired) electrons. The van der Waals surface area contributed by atoms with E-state index in [4.69, 9.17) is 0 Å². The van der Waals surface area contributed by atoms with Crippen LogP contribution in [0.4, 0.5) is 0 Å². The standard InChI is InChI=1S/C12H16N4.C2H6/c1-7(2)10-11-9(14-6-15-10)5-13-12(16-11)8(3)4;1-2/h5-8H,1-4H3;1-2H3. The summed E-state index contributed by atoms with van der Waals surface area (Å²) in [5.74, 6) is 1.52. The molecule has 0 amide bonds. The lowest BCUT2D eigenvalue weighted by atomic mass is 10.1. The Balaban J connectivity index is 0.000000771. The van der Waals surface area contributed by atoms with Gasteiger partial charge in [0.1, 0.15) is 23.2 Å². The number of nitrogens with zero attached hydrogens (tertiary/aromatic N) is 4. The van der Waals surface area contributed by atoms with Gasteiger partial charge in [0.25, 0.3) is 0 Å². The van der Waals surface area contributed by atoms with Crippen molar-refractivity contribution in [1.29, 1.82) is 0 Å². The molecule has 0 spiro atoms. The minimum absolute atomic E-state index is 0.324. The maximum absolute atomic E-state index is 4.56. The summed E-state index contributed by atoms with van der Waals surface area (Å²) in [5, 5.41) is 0. The van der Waals surface area contributed by atoms with E-state index in [1.807, 2.05) is 13.8 Å². The van der Waals surface area contributed by atoms with Gasteiger partial charge in [0.2, 0.25) is 0 Å². The Hall–Kier alpha value is -1.58. The van der Waals surface area contributed by atoms with Crippen LogP contribution in [0.2, 0.25) is 0 Å². The van der Waals surface area contributed by atoms with Crippen LogP contribution in [-0.4, -0.2) is 19.9 Å². The van der Waals surface area contributed by atoms with Crippen LogP contribution in [0.3, 0.4) is 0 Å². The average Bonchev–Trinajstić information content (AvgIpc) is 2.39. The number of rotatable bonds is 2. The quantitative estimate of drug-likeness (QED) is 0.810. The molecule has 0 aliphatic heterocycles. The molecule has 0 aliphatic rings. The first-order chi connectivity index (χ1) is 8.59. The van der Waals surface area contributed by atoms with Crippen molar-refractivity contribution in [2.45, 2.75) is 53.4 Å². The van der Waals surface area contributed by atoms with Gasteiger partial charge in [-0.2, -0.15) is 0 Å². The SMILES string of the molecule is CC.CC(C)c1ncc2ncnc(C(C)C)c2n1. The number of aromatic nitrogens is 4. The van der Waals surface area contributed by atoms with Crippen molar-refractivity contribution in [3.05, 3.63) is 24.0 Å². The first-order valence-electron chi connectivity index (χ1n) is 6.57. The fourth-order valence-electron chi connectivity index (χ4n) is 1.59. The third-order valence-corrected chi connectivity index (χ3v) is 2.49. The summed E-state index contributed by atoms with van der Waals surface area (Å²) in [6, 6.07) is 0. The number of hydrogen-bond acceptors (Lipinski definition) is 4. The predicted octanol–water partition coefficient (Wildman–Crippen LogP) is 3.69. The highest BCUT2D eigenvalue weighted by Crippen LogP contribution is 2.20. The Morgan fingerprint density at radius 1 is 0.889 bits per heavy atom. The van der Waals surface area contributed by atoms with E-state index in [-0.39, 0.29) is 0 Å². The van der Waals surface area contributed by atoms with Crippen LogP contribution >= 0.6 is 0 Å². The van der Waals surface area contributed by atoms with Crippen molar-refractivity contribution < 1.29 is 0 Å². The zero-order chi connectivity index (χ0) is 13.7. The largest absolute Gasteiger partial charge is 0.239 e. The fraction of sp³-hybridized carbons (Fsp3) is 0.571. The highest BCUT2D eigenvalue weighted by molar-refractivity contribution is 5.75. The van der Waals surface area contributed by atoms with Gasteiger partial charge in [0.15, 0.2) is 0 Å². The second-order valence-corrected chi connectivity index (χ2v) is 4.53. The molecular formula is C14H22N4. The summed E-state index contributed by atoms with van der Waals surface area (Å²) in [4.78, 5) is 17.4. The maximum atomic E-state index is 4.56. The summed E-state index contributed by atoms with van der Waals surface area (Å²) in [5.41, 5.74) is 2.70. The summed E-state index contributed by atoms with van der Waals surface area (Å²) >= 11 is 0. The second-order valence-electron chi connectivity index (χ2n) is 4.53. The van der Waals surface area contributed by atoms with Gasteiger partial charge in [-0.05, 0) is 5.92 Å². The van der Waals surface area contributed by atoms with Gasteiger partial charge in [-0.25, -0.2) is 19.9 Å². The van der Waals surface area contributed by atoms with Crippen molar-refractivity contribution in [1.82, 2.24) is 19.9 Å². The molecule has 0 unspecified atom stereocenters. The van der Waals surface area contributed by atoms with Crippen molar-refractivity contribution in [3.63, 3.8) is 0 Å². The van der Waals surface area contributed by atoms with Crippen LogP contribution in [0.25, 0.3) is 11.0 Å². The van der Waals surface area contributed by atoms with Crippen molar-refractivity contribution in [2.24, 2.45) is 0 Å². The third kappa shape index (κ3) is 3.00.